The molecule has 0 radical (unpaired) electrons. The van der Waals surface area contributed by atoms with Crippen LogP contribution < -0.4 is 5.32 Å². The van der Waals surface area contributed by atoms with Crippen molar-refractivity contribution in [2.75, 3.05) is 0 Å². The van der Waals surface area contributed by atoms with Crippen molar-refractivity contribution in [3.63, 3.8) is 0 Å². The number of rotatable bonds is 4. The maximum absolute atomic E-state index is 13.1. The van der Waals surface area contributed by atoms with Crippen LogP contribution in [0.4, 0.5) is 0 Å². The minimum atomic E-state index is -0.644. The molecule has 2 unspecified atom stereocenters. The lowest BCUT2D eigenvalue weighted by molar-refractivity contribution is -0.125. The minimum Gasteiger partial charge on any atom is -0.343 e. The average molecular weight is 311 g/mol. The van der Waals surface area contributed by atoms with Crippen LogP contribution in [-0.2, 0) is 16.0 Å². The summed E-state index contributed by atoms with van der Waals surface area (Å²) in [5.74, 6) is 0.408. The molecule has 1 heterocycles. The van der Waals surface area contributed by atoms with E-state index in [2.05, 4.69) is 31.3 Å². The third-order valence-corrected chi connectivity index (χ3v) is 6.03. The van der Waals surface area contributed by atoms with Crippen LogP contribution in [0, 0.1) is 12.8 Å². The van der Waals surface area contributed by atoms with Gasteiger partial charge in [0.25, 0.3) is 0 Å². The summed E-state index contributed by atoms with van der Waals surface area (Å²) in [6.07, 6.45) is 5.51. The number of nitrogens with one attached hydrogen (secondary N) is 1. The summed E-state index contributed by atoms with van der Waals surface area (Å²) in [7, 11) is 0. The molecule has 1 aromatic carbocycles. The highest BCUT2D eigenvalue weighted by Crippen LogP contribution is 2.47. The van der Waals surface area contributed by atoms with Crippen molar-refractivity contribution in [1.29, 1.82) is 0 Å². The summed E-state index contributed by atoms with van der Waals surface area (Å²) < 4.78 is 0. The second-order valence-electron chi connectivity index (χ2n) is 7.80. The van der Waals surface area contributed by atoms with E-state index in [1.165, 1.54) is 24.0 Å². The Labute approximate surface area is 137 Å². The van der Waals surface area contributed by atoms with E-state index in [9.17, 15) is 9.59 Å². The molecule has 0 bridgehead atoms. The van der Waals surface area contributed by atoms with Crippen molar-refractivity contribution in [2.45, 2.75) is 70.3 Å². The van der Waals surface area contributed by atoms with Gasteiger partial charge in [-0.3, -0.25) is 9.59 Å². The Morgan fingerprint density at radius 2 is 1.87 bits per heavy atom. The van der Waals surface area contributed by atoms with Crippen LogP contribution in [-0.4, -0.2) is 17.2 Å². The molecule has 3 heteroatoms. The SMILES string of the molecule is CCc1cc(C2CC2)cc(C)c1C1C(=O)NC(C)(C2CC2)C1=O. The molecule has 0 spiro atoms. The second-order valence-corrected chi connectivity index (χ2v) is 7.80. The third kappa shape index (κ3) is 2.24. The van der Waals surface area contributed by atoms with Gasteiger partial charge in [-0.15, -0.1) is 0 Å². The lowest BCUT2D eigenvalue weighted by Gasteiger charge is -2.22. The zero-order valence-corrected chi connectivity index (χ0v) is 14.2. The number of Topliss-reactive ketones (excluding diaryl/α,β-unsaturated/α-hetero) is 1. The fourth-order valence-corrected chi connectivity index (χ4v) is 4.29. The van der Waals surface area contributed by atoms with E-state index in [0.29, 0.717) is 11.8 Å². The molecular weight excluding hydrogens is 286 g/mol. The Balaban J connectivity index is 1.77. The zero-order chi connectivity index (χ0) is 16.4. The van der Waals surface area contributed by atoms with Crippen LogP contribution in [0.3, 0.4) is 0 Å². The Kier molecular flexibility index (Phi) is 3.20. The van der Waals surface area contributed by atoms with Crippen LogP contribution in [0.1, 0.15) is 73.6 Å². The largest absolute Gasteiger partial charge is 0.343 e. The summed E-state index contributed by atoms with van der Waals surface area (Å²) >= 11 is 0. The predicted octanol–water partition coefficient (Wildman–Crippen LogP) is 3.39. The molecule has 2 saturated carbocycles. The number of amides is 1. The summed E-state index contributed by atoms with van der Waals surface area (Å²) in [4.78, 5) is 25.7. The van der Waals surface area contributed by atoms with Crippen molar-refractivity contribution in [3.05, 3.63) is 34.4 Å². The molecule has 0 aromatic heterocycles. The Bertz CT molecular complexity index is 700. The zero-order valence-electron chi connectivity index (χ0n) is 14.2. The van der Waals surface area contributed by atoms with Gasteiger partial charge in [0.2, 0.25) is 5.91 Å². The van der Waals surface area contributed by atoms with Crippen molar-refractivity contribution in [1.82, 2.24) is 5.32 Å². The van der Waals surface area contributed by atoms with Gasteiger partial charge in [-0.2, -0.15) is 0 Å². The molecule has 1 saturated heterocycles. The summed E-state index contributed by atoms with van der Waals surface area (Å²) in [5, 5.41) is 3.03. The van der Waals surface area contributed by atoms with Crippen LogP contribution in [0.25, 0.3) is 0 Å². The van der Waals surface area contributed by atoms with Gasteiger partial charge in [-0.25, -0.2) is 0 Å². The van der Waals surface area contributed by atoms with Gasteiger partial charge in [0, 0.05) is 0 Å². The van der Waals surface area contributed by atoms with E-state index < -0.39 is 11.5 Å². The number of ketones is 1. The number of hydrogen-bond donors (Lipinski definition) is 1. The van der Waals surface area contributed by atoms with E-state index in [4.69, 9.17) is 0 Å². The Morgan fingerprint density at radius 3 is 2.43 bits per heavy atom. The molecule has 1 aliphatic heterocycles. The standard InChI is InChI=1S/C20H25NO2/c1-4-12-10-14(13-5-6-13)9-11(2)16(12)17-18(22)20(3,15-7-8-15)21-19(17)23/h9-10,13,15,17H,4-8H2,1-3H3,(H,21,23). The summed E-state index contributed by atoms with van der Waals surface area (Å²) in [5.41, 5.74) is 4.01. The van der Waals surface area contributed by atoms with Gasteiger partial charge in [-0.05, 0) is 80.0 Å². The van der Waals surface area contributed by atoms with E-state index in [0.717, 1.165) is 30.4 Å². The monoisotopic (exact) mass is 311 g/mol. The van der Waals surface area contributed by atoms with E-state index in [-0.39, 0.29) is 11.7 Å². The second kappa shape index (κ2) is 4.93. The van der Waals surface area contributed by atoms with Gasteiger partial charge in [-0.1, -0.05) is 19.1 Å². The fourth-order valence-electron chi connectivity index (χ4n) is 4.29. The normalized spacial score (nSPS) is 30.7. The first-order chi connectivity index (χ1) is 11.0. The first-order valence-electron chi connectivity index (χ1n) is 8.95. The lowest BCUT2D eigenvalue weighted by Crippen LogP contribution is -2.45. The van der Waals surface area contributed by atoms with Gasteiger partial charge in [0.05, 0.1) is 5.54 Å². The molecule has 1 N–H and O–H groups in total. The van der Waals surface area contributed by atoms with Crippen LogP contribution in [0.15, 0.2) is 12.1 Å². The van der Waals surface area contributed by atoms with Crippen LogP contribution >= 0.6 is 0 Å². The lowest BCUT2D eigenvalue weighted by atomic mass is 9.80. The molecule has 2 atom stereocenters. The van der Waals surface area contributed by atoms with Crippen molar-refractivity contribution < 1.29 is 9.59 Å². The molecule has 2 aliphatic carbocycles. The summed E-state index contributed by atoms with van der Waals surface area (Å²) in [6, 6.07) is 4.45. The van der Waals surface area contributed by atoms with Crippen molar-refractivity contribution in [2.24, 2.45) is 5.92 Å². The number of carbonyl (C=O) groups is 2. The van der Waals surface area contributed by atoms with Crippen LogP contribution in [0.2, 0.25) is 0 Å². The molecule has 122 valence electrons. The molecule has 1 amide bonds. The molecule has 4 rings (SSSR count). The first-order valence-corrected chi connectivity index (χ1v) is 8.95. The molecule has 23 heavy (non-hydrogen) atoms. The van der Waals surface area contributed by atoms with Gasteiger partial charge < -0.3 is 5.32 Å². The molecule has 3 nitrogen and oxygen atoms in total. The average Bonchev–Trinajstić information content (AvgIpc) is 3.39. The highest BCUT2D eigenvalue weighted by Gasteiger charge is 2.57. The van der Waals surface area contributed by atoms with Crippen molar-refractivity contribution >= 4 is 11.7 Å². The smallest absolute Gasteiger partial charge is 0.235 e. The fraction of sp³-hybridized carbons (Fsp3) is 0.600. The highest BCUT2D eigenvalue weighted by molar-refractivity contribution is 6.17. The minimum absolute atomic E-state index is 0.0852. The number of benzene rings is 1. The van der Waals surface area contributed by atoms with Crippen LogP contribution in [0.5, 0.6) is 0 Å². The van der Waals surface area contributed by atoms with Gasteiger partial charge >= 0.3 is 0 Å². The highest BCUT2D eigenvalue weighted by atomic mass is 16.2. The number of aryl methyl sites for hydroxylation is 2. The number of carbonyl (C=O) groups excluding carboxylic acids is 2. The number of hydrogen-bond acceptors (Lipinski definition) is 2. The molecule has 3 aliphatic rings. The topological polar surface area (TPSA) is 46.2 Å². The van der Waals surface area contributed by atoms with Crippen molar-refractivity contribution in [3.8, 4) is 0 Å². The van der Waals surface area contributed by atoms with E-state index in [1.54, 1.807) is 0 Å². The third-order valence-electron chi connectivity index (χ3n) is 6.03. The molecular formula is C20H25NO2. The predicted molar refractivity (Wildman–Crippen MR) is 89.6 cm³/mol. The van der Waals surface area contributed by atoms with E-state index in [1.807, 2.05) is 6.92 Å². The quantitative estimate of drug-likeness (QED) is 0.866. The Morgan fingerprint density at radius 1 is 1.17 bits per heavy atom. The van der Waals surface area contributed by atoms with Gasteiger partial charge in [0.15, 0.2) is 5.78 Å². The Hall–Kier alpha value is -1.64. The van der Waals surface area contributed by atoms with Gasteiger partial charge in [0.1, 0.15) is 5.92 Å². The molecule has 3 fully saturated rings. The first kappa shape index (κ1) is 14.9. The van der Waals surface area contributed by atoms with E-state index >= 15 is 0 Å². The maximum Gasteiger partial charge on any atom is 0.235 e. The molecule has 1 aromatic rings. The maximum atomic E-state index is 13.1. The summed E-state index contributed by atoms with van der Waals surface area (Å²) in [6.45, 7) is 6.10.